The third-order valence-electron chi connectivity index (χ3n) is 5.01. The number of halogens is 1. The molecule has 4 aromatic carbocycles. The highest BCUT2D eigenvalue weighted by atomic mass is 32.1. The van der Waals surface area contributed by atoms with Gasteiger partial charge in [0.1, 0.15) is 0 Å². The van der Waals surface area contributed by atoms with E-state index >= 15 is 0 Å². The van der Waals surface area contributed by atoms with E-state index in [2.05, 4.69) is 60.0 Å². The summed E-state index contributed by atoms with van der Waals surface area (Å²) in [6, 6.07) is 21.4. The maximum Gasteiger partial charge on any atom is 0.177 e. The molecule has 2 aromatic heterocycles. The van der Waals surface area contributed by atoms with E-state index in [1.165, 1.54) is 48.4 Å². The first kappa shape index (κ1) is 13.8. The Morgan fingerprint density at radius 3 is 2.00 bits per heavy atom. The molecule has 2 heterocycles. The van der Waals surface area contributed by atoms with Gasteiger partial charge in [0, 0.05) is 9.40 Å². The molecule has 0 saturated heterocycles. The first-order chi connectivity index (χ1) is 12.3. The van der Waals surface area contributed by atoms with Crippen molar-refractivity contribution >= 4 is 75.2 Å². The van der Waals surface area contributed by atoms with Crippen LogP contribution in [0.3, 0.4) is 0 Å². The summed E-state index contributed by atoms with van der Waals surface area (Å²) in [6.07, 6.45) is 0. The molecule has 25 heavy (non-hydrogen) atoms. The molecular formula is C22H11FS2. The van der Waals surface area contributed by atoms with Crippen molar-refractivity contribution in [3.8, 4) is 0 Å². The van der Waals surface area contributed by atoms with Crippen molar-refractivity contribution < 1.29 is 4.39 Å². The summed E-state index contributed by atoms with van der Waals surface area (Å²) < 4.78 is 16.0. The Bertz CT molecular complexity index is 1450. The molecule has 0 N–H and O–H groups in total. The summed E-state index contributed by atoms with van der Waals surface area (Å²) in [5.41, 5.74) is 0. The fraction of sp³-hybridized carbons (Fsp3) is 0. The molecule has 0 aliphatic rings. The average Bonchev–Trinajstić information content (AvgIpc) is 3.21. The standard InChI is InChI=1S/C22H11FS2/c23-22-9-15-8-13-2-4-16-17(19(13)11-21(15)25-22)3-1-12-7-14-5-6-24-20(14)10-18(12)16/h1-11H. The zero-order valence-electron chi connectivity index (χ0n) is 13.0. The molecule has 118 valence electrons. The van der Waals surface area contributed by atoms with Crippen molar-refractivity contribution in [3.63, 3.8) is 0 Å². The summed E-state index contributed by atoms with van der Waals surface area (Å²) in [6.45, 7) is 0. The lowest BCUT2D eigenvalue weighted by atomic mass is 9.96. The van der Waals surface area contributed by atoms with E-state index in [0.29, 0.717) is 0 Å². The van der Waals surface area contributed by atoms with Crippen LogP contribution in [0.4, 0.5) is 4.39 Å². The van der Waals surface area contributed by atoms with Gasteiger partial charge in [-0.05, 0) is 84.9 Å². The van der Waals surface area contributed by atoms with Gasteiger partial charge in [0.2, 0.25) is 0 Å². The molecule has 0 bridgehead atoms. The Balaban J connectivity index is 1.81. The van der Waals surface area contributed by atoms with Crippen LogP contribution in [0.2, 0.25) is 0 Å². The Morgan fingerprint density at radius 1 is 0.560 bits per heavy atom. The first-order valence-electron chi connectivity index (χ1n) is 8.12. The molecule has 6 aromatic rings. The van der Waals surface area contributed by atoms with Gasteiger partial charge in [0.25, 0.3) is 0 Å². The lowest BCUT2D eigenvalue weighted by molar-refractivity contribution is 0.658. The van der Waals surface area contributed by atoms with Gasteiger partial charge in [-0.15, -0.1) is 22.7 Å². The van der Waals surface area contributed by atoms with Gasteiger partial charge in [-0.3, -0.25) is 0 Å². The van der Waals surface area contributed by atoms with E-state index in [9.17, 15) is 4.39 Å². The van der Waals surface area contributed by atoms with Crippen molar-refractivity contribution in [3.05, 3.63) is 71.2 Å². The van der Waals surface area contributed by atoms with Crippen molar-refractivity contribution in [2.24, 2.45) is 0 Å². The summed E-state index contributed by atoms with van der Waals surface area (Å²) >= 11 is 3.00. The van der Waals surface area contributed by atoms with Gasteiger partial charge in [-0.2, -0.15) is 4.39 Å². The molecular weight excluding hydrogens is 347 g/mol. The summed E-state index contributed by atoms with van der Waals surface area (Å²) in [4.78, 5) is 0. The topological polar surface area (TPSA) is 0 Å². The van der Waals surface area contributed by atoms with Crippen molar-refractivity contribution in [1.29, 1.82) is 0 Å². The van der Waals surface area contributed by atoms with E-state index in [-0.39, 0.29) is 5.13 Å². The van der Waals surface area contributed by atoms with E-state index in [1.54, 1.807) is 17.4 Å². The summed E-state index contributed by atoms with van der Waals surface area (Å²) in [5.74, 6) is 0. The van der Waals surface area contributed by atoms with Gasteiger partial charge in [0.15, 0.2) is 5.13 Å². The predicted molar refractivity (Wildman–Crippen MR) is 110 cm³/mol. The highest BCUT2D eigenvalue weighted by Gasteiger charge is 2.09. The fourth-order valence-electron chi connectivity index (χ4n) is 3.84. The third kappa shape index (κ3) is 1.91. The van der Waals surface area contributed by atoms with Crippen LogP contribution in [-0.2, 0) is 0 Å². The normalized spacial score (nSPS) is 12.2. The van der Waals surface area contributed by atoms with E-state index < -0.39 is 0 Å². The van der Waals surface area contributed by atoms with Crippen LogP contribution in [0.15, 0.2) is 66.0 Å². The van der Waals surface area contributed by atoms with Gasteiger partial charge in [-0.25, -0.2) is 0 Å². The van der Waals surface area contributed by atoms with Crippen LogP contribution >= 0.6 is 22.7 Å². The molecule has 0 radical (unpaired) electrons. The van der Waals surface area contributed by atoms with Gasteiger partial charge in [0.05, 0.1) is 0 Å². The minimum atomic E-state index is -0.125. The van der Waals surface area contributed by atoms with Gasteiger partial charge < -0.3 is 0 Å². The lowest BCUT2D eigenvalue weighted by Crippen LogP contribution is -1.81. The minimum Gasteiger partial charge on any atom is -0.195 e. The zero-order chi connectivity index (χ0) is 16.5. The number of hydrogen-bond donors (Lipinski definition) is 0. The Kier molecular flexibility index (Phi) is 2.63. The molecule has 0 amide bonds. The van der Waals surface area contributed by atoms with Crippen LogP contribution < -0.4 is 0 Å². The number of thiophene rings is 2. The first-order valence-corrected chi connectivity index (χ1v) is 9.81. The van der Waals surface area contributed by atoms with E-state index in [1.807, 2.05) is 0 Å². The SMILES string of the molecule is Fc1cc2cc3ccc4c5cc6sccc6cc5ccc4c3cc2s1. The molecule has 6 rings (SSSR count). The molecule has 0 aliphatic heterocycles. The number of benzene rings is 4. The summed E-state index contributed by atoms with van der Waals surface area (Å²) in [7, 11) is 0. The van der Waals surface area contributed by atoms with Crippen molar-refractivity contribution in [1.82, 2.24) is 0 Å². The monoisotopic (exact) mass is 358 g/mol. The van der Waals surface area contributed by atoms with Crippen LogP contribution in [0.5, 0.6) is 0 Å². The van der Waals surface area contributed by atoms with Gasteiger partial charge in [-0.1, -0.05) is 24.3 Å². The Labute approximate surface area is 150 Å². The lowest BCUT2D eigenvalue weighted by Gasteiger charge is -2.08. The number of rotatable bonds is 0. The highest BCUT2D eigenvalue weighted by Crippen LogP contribution is 2.37. The maximum atomic E-state index is 13.6. The second-order valence-corrected chi connectivity index (χ2v) is 8.40. The fourth-order valence-corrected chi connectivity index (χ4v) is 5.46. The number of hydrogen-bond acceptors (Lipinski definition) is 2. The smallest absolute Gasteiger partial charge is 0.177 e. The van der Waals surface area contributed by atoms with E-state index in [4.69, 9.17) is 0 Å². The summed E-state index contributed by atoms with van der Waals surface area (Å²) in [5, 5.41) is 11.7. The maximum absolute atomic E-state index is 13.6. The number of fused-ring (bicyclic) bond motifs is 7. The minimum absolute atomic E-state index is 0.125. The molecule has 0 unspecified atom stereocenters. The molecule has 0 saturated carbocycles. The van der Waals surface area contributed by atoms with Crippen molar-refractivity contribution in [2.75, 3.05) is 0 Å². The molecule has 3 heteroatoms. The van der Waals surface area contributed by atoms with Crippen LogP contribution in [0.1, 0.15) is 0 Å². The molecule has 0 nitrogen and oxygen atoms in total. The molecule has 0 spiro atoms. The quantitative estimate of drug-likeness (QED) is 0.244. The van der Waals surface area contributed by atoms with Crippen molar-refractivity contribution in [2.45, 2.75) is 0 Å². The van der Waals surface area contributed by atoms with E-state index in [0.717, 1.165) is 15.5 Å². The second-order valence-electron chi connectivity index (χ2n) is 6.42. The Hall–Kier alpha value is -2.49. The van der Waals surface area contributed by atoms with Crippen LogP contribution in [0.25, 0.3) is 52.5 Å². The molecule has 0 aliphatic carbocycles. The molecule has 0 fully saturated rings. The third-order valence-corrected chi connectivity index (χ3v) is 6.78. The molecule has 0 atom stereocenters. The van der Waals surface area contributed by atoms with Gasteiger partial charge >= 0.3 is 0 Å². The zero-order valence-corrected chi connectivity index (χ0v) is 14.7. The average molecular weight is 358 g/mol. The van der Waals surface area contributed by atoms with Crippen LogP contribution in [-0.4, -0.2) is 0 Å². The highest BCUT2D eigenvalue weighted by molar-refractivity contribution is 7.17. The predicted octanol–water partition coefficient (Wildman–Crippen LogP) is 7.71. The second kappa shape index (κ2) is 4.78. The van der Waals surface area contributed by atoms with Crippen LogP contribution in [0, 0.1) is 5.13 Å². The Morgan fingerprint density at radius 2 is 1.24 bits per heavy atom. The largest absolute Gasteiger partial charge is 0.195 e.